The highest BCUT2D eigenvalue weighted by molar-refractivity contribution is 7.89. The molecule has 23 heavy (non-hydrogen) atoms. The monoisotopic (exact) mass is 377 g/mol. The number of thiophene rings is 1. The molecule has 0 amide bonds. The zero-order valence-electron chi connectivity index (χ0n) is 12.3. The van der Waals surface area contributed by atoms with Crippen LogP contribution < -0.4 is 14.8 Å². The lowest BCUT2D eigenvalue weighted by molar-refractivity contribution is 0.122. The lowest BCUT2D eigenvalue weighted by Gasteiger charge is -2.10. The maximum atomic E-state index is 12.2. The third kappa shape index (κ3) is 5.36. The van der Waals surface area contributed by atoms with Crippen LogP contribution >= 0.6 is 22.9 Å². The fourth-order valence-corrected chi connectivity index (χ4v) is 4.14. The van der Waals surface area contributed by atoms with E-state index in [0.717, 1.165) is 16.9 Å². The first-order valence-electron chi connectivity index (χ1n) is 6.67. The Bertz CT molecular complexity index is 760. The first-order chi connectivity index (χ1) is 10.9. The first kappa shape index (κ1) is 18.0. The van der Waals surface area contributed by atoms with Crippen LogP contribution in [0.5, 0.6) is 11.5 Å². The van der Waals surface area contributed by atoms with E-state index in [2.05, 4.69) is 4.84 Å². The highest BCUT2D eigenvalue weighted by Crippen LogP contribution is 2.30. The second-order valence-corrected chi connectivity index (χ2v) is 8.14. The zero-order chi connectivity index (χ0) is 16.9. The van der Waals surface area contributed by atoms with Crippen LogP contribution in [0.3, 0.4) is 0 Å². The molecule has 1 heterocycles. The van der Waals surface area contributed by atoms with Crippen LogP contribution in [-0.4, -0.2) is 21.6 Å². The Morgan fingerprint density at radius 1 is 1.17 bits per heavy atom. The Morgan fingerprint density at radius 2 is 1.91 bits per heavy atom. The van der Waals surface area contributed by atoms with Crippen molar-refractivity contribution in [2.75, 3.05) is 13.2 Å². The number of hydrogen-bond acceptors (Lipinski definition) is 7. The van der Waals surface area contributed by atoms with Crippen molar-refractivity contribution in [3.05, 3.63) is 40.2 Å². The zero-order valence-corrected chi connectivity index (χ0v) is 14.7. The molecule has 2 aromatic rings. The quantitative estimate of drug-likeness (QED) is 0.432. The number of ether oxygens (including phenoxy) is 1. The molecule has 126 valence electrons. The third-order valence-corrected chi connectivity index (χ3v) is 5.63. The molecule has 0 radical (unpaired) electrons. The minimum absolute atomic E-state index is 0.0477. The van der Waals surface area contributed by atoms with Gasteiger partial charge < -0.3 is 13.8 Å². The fraction of sp³-hybridized carbons (Fsp3) is 0.286. The molecule has 9 heteroatoms. The van der Waals surface area contributed by atoms with Crippen LogP contribution in [0.15, 0.2) is 34.5 Å². The highest BCUT2D eigenvalue weighted by Gasteiger charge is 2.19. The van der Waals surface area contributed by atoms with Crippen molar-refractivity contribution in [2.45, 2.75) is 17.6 Å². The summed E-state index contributed by atoms with van der Waals surface area (Å²) in [6.45, 7) is 2.59. The maximum Gasteiger partial charge on any atom is 0.348 e. The molecular weight excluding hydrogens is 362 g/mol. The van der Waals surface area contributed by atoms with E-state index >= 15 is 0 Å². The minimum Gasteiger partial charge on any atom is -0.493 e. The van der Waals surface area contributed by atoms with Gasteiger partial charge in [0.05, 0.1) is 17.6 Å². The summed E-state index contributed by atoms with van der Waals surface area (Å²) in [5.41, 5.74) is 0.812. The molecule has 0 bridgehead atoms. The first-order valence-corrected chi connectivity index (χ1v) is 9.27. The van der Waals surface area contributed by atoms with Gasteiger partial charge in [0.25, 0.3) is 0 Å². The van der Waals surface area contributed by atoms with Crippen LogP contribution in [0.4, 0.5) is 0 Å². The Balaban J connectivity index is 2.12. The number of benzene rings is 1. The lowest BCUT2D eigenvalue weighted by atomic mass is 10.2. The average molecular weight is 378 g/mol. The summed E-state index contributed by atoms with van der Waals surface area (Å²) < 4.78 is 35.5. The molecule has 0 fully saturated rings. The summed E-state index contributed by atoms with van der Waals surface area (Å²) in [6, 6.07) is 7.83. The molecular formula is C14H16ClNO5S2. The Morgan fingerprint density at radius 3 is 2.57 bits per heavy atom. The van der Waals surface area contributed by atoms with Crippen LogP contribution in [0.2, 0.25) is 4.34 Å². The second-order valence-electron chi connectivity index (χ2n) is 4.65. The molecule has 0 aliphatic heterocycles. The summed E-state index contributed by atoms with van der Waals surface area (Å²) in [4.78, 5) is 4.45. The van der Waals surface area contributed by atoms with Crippen LogP contribution in [0, 0.1) is 6.92 Å². The Kier molecular flexibility index (Phi) is 6.25. The SMILES string of the molecule is Cc1cc(OCCCON)cc(OS(=O)(=O)c2ccc(Cl)s2)c1. The van der Waals surface area contributed by atoms with Gasteiger partial charge in [0.2, 0.25) is 0 Å². The van der Waals surface area contributed by atoms with Gasteiger partial charge in [0.15, 0.2) is 4.21 Å². The highest BCUT2D eigenvalue weighted by atomic mass is 35.5. The van der Waals surface area contributed by atoms with Crippen LogP contribution in [-0.2, 0) is 15.0 Å². The van der Waals surface area contributed by atoms with Crippen molar-refractivity contribution in [3.8, 4) is 11.5 Å². The fourth-order valence-electron chi connectivity index (χ4n) is 1.78. The standard InChI is InChI=1S/C14H16ClNO5S2/c1-10-7-11(19-5-2-6-20-16)9-12(8-10)21-23(17,18)14-4-3-13(15)22-14/h3-4,7-9H,2,5-6,16H2,1H3. The second kappa shape index (κ2) is 7.98. The van der Waals surface area contributed by atoms with Crippen LogP contribution in [0.25, 0.3) is 0 Å². The van der Waals surface area contributed by atoms with Crippen molar-refractivity contribution in [2.24, 2.45) is 5.90 Å². The summed E-state index contributed by atoms with van der Waals surface area (Å²) in [5, 5.41) is 0. The van der Waals surface area contributed by atoms with Crippen molar-refractivity contribution in [1.29, 1.82) is 0 Å². The average Bonchev–Trinajstić information content (AvgIpc) is 2.90. The predicted molar refractivity (Wildman–Crippen MR) is 88.6 cm³/mol. The number of hydrogen-bond donors (Lipinski definition) is 1. The molecule has 0 saturated heterocycles. The van der Waals surface area contributed by atoms with Gasteiger partial charge in [-0.25, -0.2) is 5.90 Å². The smallest absolute Gasteiger partial charge is 0.348 e. The largest absolute Gasteiger partial charge is 0.493 e. The van der Waals surface area contributed by atoms with Crippen molar-refractivity contribution in [1.82, 2.24) is 0 Å². The molecule has 0 saturated carbocycles. The predicted octanol–water partition coefficient (Wildman–Crippen LogP) is 3.14. The number of rotatable bonds is 8. The molecule has 0 spiro atoms. The van der Waals surface area contributed by atoms with Crippen molar-refractivity contribution >= 4 is 33.1 Å². The van der Waals surface area contributed by atoms with Gasteiger partial charge in [0.1, 0.15) is 11.5 Å². The van der Waals surface area contributed by atoms with E-state index < -0.39 is 10.1 Å². The van der Waals surface area contributed by atoms with E-state index in [1.165, 1.54) is 18.2 Å². The Hall–Kier alpha value is -1.32. The molecule has 1 aromatic heterocycles. The van der Waals surface area contributed by atoms with E-state index in [0.29, 0.717) is 29.7 Å². The van der Waals surface area contributed by atoms with Gasteiger partial charge in [-0.05, 0) is 36.8 Å². The molecule has 0 unspecified atom stereocenters. The van der Waals surface area contributed by atoms with Crippen molar-refractivity contribution in [3.63, 3.8) is 0 Å². The number of nitrogens with two attached hydrogens (primary N) is 1. The summed E-state index contributed by atoms with van der Waals surface area (Å²) >= 11 is 6.70. The summed E-state index contributed by atoms with van der Waals surface area (Å²) in [5.74, 6) is 5.62. The van der Waals surface area contributed by atoms with Gasteiger partial charge in [-0.2, -0.15) is 8.42 Å². The molecule has 6 nitrogen and oxygen atoms in total. The van der Waals surface area contributed by atoms with Gasteiger partial charge in [-0.15, -0.1) is 11.3 Å². The summed E-state index contributed by atoms with van der Waals surface area (Å²) in [7, 11) is -3.91. The molecule has 2 rings (SSSR count). The van der Waals surface area contributed by atoms with E-state index in [1.807, 2.05) is 6.92 Å². The number of halogens is 1. The minimum atomic E-state index is -3.91. The van der Waals surface area contributed by atoms with Gasteiger partial charge in [-0.1, -0.05) is 11.6 Å². The van der Waals surface area contributed by atoms with E-state index in [-0.39, 0.29) is 9.96 Å². The molecule has 1 aromatic carbocycles. The Labute approximate surface area is 143 Å². The van der Waals surface area contributed by atoms with E-state index in [9.17, 15) is 8.42 Å². The third-order valence-electron chi connectivity index (χ3n) is 2.70. The maximum absolute atomic E-state index is 12.2. The molecule has 0 aliphatic carbocycles. The van der Waals surface area contributed by atoms with Crippen molar-refractivity contribution < 1.29 is 22.2 Å². The summed E-state index contributed by atoms with van der Waals surface area (Å²) in [6.07, 6.45) is 0.618. The lowest BCUT2D eigenvalue weighted by Crippen LogP contribution is -2.09. The topological polar surface area (TPSA) is 87.8 Å². The molecule has 2 N–H and O–H groups in total. The molecule has 0 aliphatic rings. The van der Waals surface area contributed by atoms with Gasteiger partial charge in [-0.3, -0.25) is 0 Å². The number of aryl methyl sites for hydroxylation is 1. The normalized spacial score (nSPS) is 11.4. The van der Waals surface area contributed by atoms with Gasteiger partial charge in [0, 0.05) is 12.5 Å². The van der Waals surface area contributed by atoms with E-state index in [4.69, 9.17) is 26.4 Å². The van der Waals surface area contributed by atoms with E-state index in [1.54, 1.807) is 12.1 Å². The van der Waals surface area contributed by atoms with Crippen LogP contribution in [0.1, 0.15) is 12.0 Å². The molecule has 0 atom stereocenters. The van der Waals surface area contributed by atoms with Gasteiger partial charge >= 0.3 is 10.1 Å².